The first-order valence-electron chi connectivity index (χ1n) is 7.64. The molecule has 124 valence electrons. The van der Waals surface area contributed by atoms with Gasteiger partial charge in [-0.05, 0) is 36.4 Å². The molecule has 0 unspecified atom stereocenters. The molecule has 0 spiro atoms. The average Bonchev–Trinajstić information content (AvgIpc) is 3.25. The molecule has 3 heterocycles. The van der Waals surface area contributed by atoms with E-state index in [1.807, 2.05) is 12.1 Å². The van der Waals surface area contributed by atoms with Crippen LogP contribution in [0.3, 0.4) is 0 Å². The number of nitrogens with zero attached hydrogens (tertiary/aromatic N) is 4. The monoisotopic (exact) mass is 346 g/mol. The Morgan fingerprint density at radius 1 is 1.08 bits per heavy atom. The lowest BCUT2D eigenvalue weighted by Crippen LogP contribution is -2.08. The maximum absolute atomic E-state index is 13.1. The van der Waals surface area contributed by atoms with Crippen molar-refractivity contribution in [2.75, 3.05) is 19.0 Å². The van der Waals surface area contributed by atoms with E-state index in [1.54, 1.807) is 28.4 Å². The number of thioether (sulfide) groups is 1. The summed E-state index contributed by atoms with van der Waals surface area (Å²) < 4.78 is 25.6. The average molecular weight is 346 g/mol. The van der Waals surface area contributed by atoms with Gasteiger partial charge >= 0.3 is 0 Å². The fourth-order valence-corrected chi connectivity index (χ4v) is 3.30. The van der Waals surface area contributed by atoms with E-state index >= 15 is 0 Å². The lowest BCUT2D eigenvalue weighted by molar-refractivity contribution is -0.0421. The summed E-state index contributed by atoms with van der Waals surface area (Å²) in [6, 6.07) is 9.96. The third-order valence-electron chi connectivity index (χ3n) is 3.65. The molecule has 0 atom stereocenters. The summed E-state index contributed by atoms with van der Waals surface area (Å²) in [7, 11) is 0. The van der Waals surface area contributed by atoms with Crippen LogP contribution in [-0.4, -0.2) is 45.1 Å². The second-order valence-electron chi connectivity index (χ2n) is 5.29. The number of halogens is 1. The van der Waals surface area contributed by atoms with Crippen molar-refractivity contribution < 1.29 is 13.9 Å². The van der Waals surface area contributed by atoms with E-state index < -0.39 is 0 Å². The Morgan fingerprint density at radius 2 is 1.88 bits per heavy atom. The molecule has 0 bridgehead atoms. The third kappa shape index (κ3) is 3.26. The molecule has 0 N–H and O–H groups in total. The summed E-state index contributed by atoms with van der Waals surface area (Å²) in [5.74, 6) is 0.533. The summed E-state index contributed by atoms with van der Waals surface area (Å²) >= 11 is 1.56. The summed E-state index contributed by atoms with van der Waals surface area (Å²) in [6.07, 6.45) is 0.663. The van der Waals surface area contributed by atoms with Crippen LogP contribution in [-0.2, 0) is 9.47 Å². The van der Waals surface area contributed by atoms with E-state index in [2.05, 4.69) is 15.3 Å². The molecule has 3 aromatic rings. The van der Waals surface area contributed by atoms with Crippen LogP contribution in [0.1, 0.15) is 6.42 Å². The number of fused-ring (bicyclic) bond motifs is 1. The van der Waals surface area contributed by atoms with Crippen LogP contribution in [0.4, 0.5) is 4.39 Å². The Bertz CT molecular complexity index is 834. The first-order chi connectivity index (χ1) is 11.8. The Balaban J connectivity index is 1.53. The number of benzene rings is 1. The molecular weight excluding hydrogens is 331 g/mol. The van der Waals surface area contributed by atoms with Crippen molar-refractivity contribution >= 4 is 17.4 Å². The standard InChI is InChI=1S/C16H15FN4O2S/c17-12-3-1-11(2-4-12)13-5-6-14-18-19-16(21(14)20-13)24-10-7-15-22-8-9-23-15/h1-6,15H,7-10H2. The fraction of sp³-hybridized carbons (Fsp3) is 0.312. The lowest BCUT2D eigenvalue weighted by Gasteiger charge is -2.07. The second-order valence-corrected chi connectivity index (χ2v) is 6.35. The number of hydrogen-bond donors (Lipinski definition) is 0. The maximum Gasteiger partial charge on any atom is 0.212 e. The van der Waals surface area contributed by atoms with Crippen LogP contribution < -0.4 is 0 Å². The summed E-state index contributed by atoms with van der Waals surface area (Å²) in [6.45, 7) is 1.32. The van der Waals surface area contributed by atoms with Gasteiger partial charge in [-0.15, -0.1) is 10.2 Å². The molecule has 4 rings (SSSR count). The van der Waals surface area contributed by atoms with Gasteiger partial charge in [0, 0.05) is 17.7 Å². The highest BCUT2D eigenvalue weighted by atomic mass is 32.2. The van der Waals surface area contributed by atoms with Gasteiger partial charge in [-0.25, -0.2) is 4.39 Å². The highest BCUT2D eigenvalue weighted by Gasteiger charge is 2.16. The van der Waals surface area contributed by atoms with Gasteiger partial charge in [0.2, 0.25) is 5.16 Å². The number of aromatic nitrogens is 4. The molecule has 0 radical (unpaired) electrons. The number of rotatable bonds is 5. The smallest absolute Gasteiger partial charge is 0.212 e. The van der Waals surface area contributed by atoms with E-state index in [0.29, 0.717) is 24.0 Å². The zero-order valence-electron chi connectivity index (χ0n) is 12.8. The normalized spacial score (nSPS) is 15.4. The van der Waals surface area contributed by atoms with Crippen molar-refractivity contribution in [2.45, 2.75) is 17.9 Å². The van der Waals surface area contributed by atoms with Gasteiger partial charge in [-0.1, -0.05) is 11.8 Å². The predicted molar refractivity (Wildman–Crippen MR) is 87.2 cm³/mol. The molecule has 1 aromatic carbocycles. The Labute approximate surface area is 142 Å². The largest absolute Gasteiger partial charge is 0.350 e. The third-order valence-corrected chi connectivity index (χ3v) is 4.60. The zero-order valence-corrected chi connectivity index (χ0v) is 13.6. The number of hydrogen-bond acceptors (Lipinski definition) is 6. The van der Waals surface area contributed by atoms with Crippen molar-refractivity contribution in [3.05, 3.63) is 42.2 Å². The molecule has 24 heavy (non-hydrogen) atoms. The zero-order chi connectivity index (χ0) is 16.4. The van der Waals surface area contributed by atoms with Crippen molar-refractivity contribution in [3.8, 4) is 11.3 Å². The minimum absolute atomic E-state index is 0.126. The van der Waals surface area contributed by atoms with Crippen molar-refractivity contribution in [1.82, 2.24) is 19.8 Å². The minimum Gasteiger partial charge on any atom is -0.350 e. The minimum atomic E-state index is -0.267. The Hall–Kier alpha value is -2.03. The first-order valence-corrected chi connectivity index (χ1v) is 8.62. The highest BCUT2D eigenvalue weighted by molar-refractivity contribution is 7.99. The topological polar surface area (TPSA) is 61.5 Å². The Kier molecular flexibility index (Phi) is 4.42. The SMILES string of the molecule is Fc1ccc(-c2ccc3nnc(SCCC4OCCO4)n3n2)cc1. The van der Waals surface area contributed by atoms with Crippen LogP contribution in [0.5, 0.6) is 0 Å². The van der Waals surface area contributed by atoms with Crippen LogP contribution >= 0.6 is 11.8 Å². The van der Waals surface area contributed by atoms with E-state index in [4.69, 9.17) is 9.47 Å². The molecule has 1 aliphatic rings. The molecule has 1 fully saturated rings. The first kappa shape index (κ1) is 15.5. The van der Waals surface area contributed by atoms with Crippen LogP contribution in [0.25, 0.3) is 16.9 Å². The lowest BCUT2D eigenvalue weighted by atomic mass is 10.1. The van der Waals surface area contributed by atoms with Crippen molar-refractivity contribution in [2.24, 2.45) is 0 Å². The van der Waals surface area contributed by atoms with Gasteiger partial charge in [-0.2, -0.15) is 9.61 Å². The molecule has 6 nitrogen and oxygen atoms in total. The number of ether oxygens (including phenoxy) is 2. The second kappa shape index (κ2) is 6.84. The molecular formula is C16H15FN4O2S. The molecule has 0 aliphatic carbocycles. The molecule has 8 heteroatoms. The van der Waals surface area contributed by atoms with E-state index in [0.717, 1.165) is 23.4 Å². The molecule has 0 saturated carbocycles. The van der Waals surface area contributed by atoms with Gasteiger partial charge in [0.05, 0.1) is 18.9 Å². The van der Waals surface area contributed by atoms with Crippen molar-refractivity contribution in [3.63, 3.8) is 0 Å². The van der Waals surface area contributed by atoms with Gasteiger partial charge in [0.25, 0.3) is 0 Å². The fourth-order valence-electron chi connectivity index (χ4n) is 2.45. The van der Waals surface area contributed by atoms with Crippen LogP contribution in [0.2, 0.25) is 0 Å². The molecule has 1 aliphatic heterocycles. The van der Waals surface area contributed by atoms with Gasteiger partial charge in [-0.3, -0.25) is 0 Å². The summed E-state index contributed by atoms with van der Waals surface area (Å²) in [5, 5.41) is 13.6. The summed E-state index contributed by atoms with van der Waals surface area (Å²) in [5.41, 5.74) is 2.26. The molecule has 0 amide bonds. The van der Waals surface area contributed by atoms with Gasteiger partial charge in [0.1, 0.15) is 5.82 Å². The van der Waals surface area contributed by atoms with E-state index in [-0.39, 0.29) is 12.1 Å². The predicted octanol–water partition coefficient (Wildman–Crippen LogP) is 2.79. The highest BCUT2D eigenvalue weighted by Crippen LogP contribution is 2.22. The summed E-state index contributed by atoms with van der Waals surface area (Å²) in [4.78, 5) is 0. The van der Waals surface area contributed by atoms with Gasteiger partial charge in [0.15, 0.2) is 11.9 Å². The maximum atomic E-state index is 13.1. The molecule has 1 saturated heterocycles. The van der Waals surface area contributed by atoms with Crippen LogP contribution in [0, 0.1) is 5.82 Å². The van der Waals surface area contributed by atoms with E-state index in [1.165, 1.54) is 12.1 Å². The van der Waals surface area contributed by atoms with E-state index in [9.17, 15) is 4.39 Å². The van der Waals surface area contributed by atoms with Crippen LogP contribution in [0.15, 0.2) is 41.6 Å². The van der Waals surface area contributed by atoms with Gasteiger partial charge < -0.3 is 9.47 Å². The quantitative estimate of drug-likeness (QED) is 0.662. The molecule has 2 aromatic heterocycles. The van der Waals surface area contributed by atoms with Crippen molar-refractivity contribution in [1.29, 1.82) is 0 Å². The Morgan fingerprint density at radius 3 is 2.67 bits per heavy atom.